The standard InChI is InChI=1S/C21H35N2S.BrH/c1-17(2)20-15-19(21(24-20)18(3)4)11-9-7-6-8-10-12-23-14-13-22(5)16-23;/h13-18H,6-12H2,1-5H3;1H/q+1;/p-1. The minimum Gasteiger partial charge on any atom is -1.00 e. The number of halogens is 1. The van der Waals surface area contributed by atoms with Gasteiger partial charge in [-0.25, -0.2) is 9.13 Å². The van der Waals surface area contributed by atoms with Gasteiger partial charge in [-0.15, -0.1) is 11.3 Å². The molecule has 0 radical (unpaired) electrons. The van der Waals surface area contributed by atoms with Crippen LogP contribution in [-0.4, -0.2) is 4.57 Å². The molecule has 0 aromatic carbocycles. The van der Waals surface area contributed by atoms with Gasteiger partial charge in [-0.1, -0.05) is 40.5 Å². The fraction of sp³-hybridized carbons (Fsp3) is 0.667. The van der Waals surface area contributed by atoms with Gasteiger partial charge in [-0.2, -0.15) is 0 Å². The maximum Gasteiger partial charge on any atom is 0.243 e. The molecule has 0 aliphatic rings. The van der Waals surface area contributed by atoms with Gasteiger partial charge in [0.15, 0.2) is 0 Å². The normalized spacial score (nSPS) is 11.3. The SMILES string of the molecule is CC(C)c1cc(CCCCCCCn2cc[n+](C)c2)c(C(C)C)s1.[Br-]. The van der Waals surface area contributed by atoms with Crippen molar-refractivity contribution in [3.63, 3.8) is 0 Å². The topological polar surface area (TPSA) is 8.81 Å². The Hall–Kier alpha value is -0.610. The highest BCUT2D eigenvalue weighted by molar-refractivity contribution is 7.12. The van der Waals surface area contributed by atoms with E-state index in [2.05, 4.69) is 68.7 Å². The predicted molar refractivity (Wildman–Crippen MR) is 105 cm³/mol. The average molecular weight is 427 g/mol. The Bertz CT molecular complexity index is 613. The van der Waals surface area contributed by atoms with Gasteiger partial charge in [0.2, 0.25) is 6.33 Å². The lowest BCUT2D eigenvalue weighted by molar-refractivity contribution is -0.671. The third-order valence-corrected chi connectivity index (χ3v) is 6.42. The highest BCUT2D eigenvalue weighted by Crippen LogP contribution is 2.34. The third-order valence-electron chi connectivity index (χ3n) is 4.64. The second kappa shape index (κ2) is 11.2. The van der Waals surface area contributed by atoms with Crippen LogP contribution in [0.5, 0.6) is 0 Å². The summed E-state index contributed by atoms with van der Waals surface area (Å²) >= 11 is 2.04. The van der Waals surface area contributed by atoms with E-state index in [4.69, 9.17) is 0 Å². The van der Waals surface area contributed by atoms with Crippen molar-refractivity contribution < 1.29 is 21.5 Å². The van der Waals surface area contributed by atoms with Crippen LogP contribution in [-0.2, 0) is 20.0 Å². The molecule has 0 unspecified atom stereocenters. The van der Waals surface area contributed by atoms with Crippen molar-refractivity contribution in [3.8, 4) is 0 Å². The molecular formula is C21H35BrN2S. The first kappa shape index (κ1) is 22.4. The number of unbranched alkanes of at least 4 members (excludes halogenated alkanes) is 4. The molecule has 2 heterocycles. The van der Waals surface area contributed by atoms with Crippen molar-refractivity contribution in [2.24, 2.45) is 7.05 Å². The van der Waals surface area contributed by atoms with Crippen molar-refractivity contribution in [2.45, 2.75) is 84.6 Å². The van der Waals surface area contributed by atoms with Crippen LogP contribution in [0.15, 0.2) is 24.8 Å². The Kier molecular flexibility index (Phi) is 10.0. The van der Waals surface area contributed by atoms with Gasteiger partial charge >= 0.3 is 0 Å². The molecule has 2 aromatic heterocycles. The van der Waals surface area contributed by atoms with Crippen molar-refractivity contribution in [1.82, 2.24) is 4.57 Å². The van der Waals surface area contributed by atoms with Crippen LogP contribution < -0.4 is 21.5 Å². The smallest absolute Gasteiger partial charge is 0.243 e. The molecule has 0 N–H and O–H groups in total. The number of hydrogen-bond acceptors (Lipinski definition) is 1. The molecule has 0 bridgehead atoms. The summed E-state index contributed by atoms with van der Waals surface area (Å²) in [5, 5.41) is 0. The Morgan fingerprint density at radius 1 is 1.00 bits per heavy atom. The van der Waals surface area contributed by atoms with E-state index >= 15 is 0 Å². The van der Waals surface area contributed by atoms with Gasteiger partial charge < -0.3 is 17.0 Å². The molecule has 0 saturated carbocycles. The highest BCUT2D eigenvalue weighted by atomic mass is 79.9. The maximum atomic E-state index is 2.48. The third kappa shape index (κ3) is 7.26. The number of rotatable bonds is 10. The summed E-state index contributed by atoms with van der Waals surface area (Å²) in [6.07, 6.45) is 14.4. The molecule has 0 amide bonds. The first-order chi connectivity index (χ1) is 11.5. The predicted octanol–water partition coefficient (Wildman–Crippen LogP) is 2.82. The molecular weight excluding hydrogens is 392 g/mol. The summed E-state index contributed by atoms with van der Waals surface area (Å²) in [7, 11) is 2.08. The Balaban J connectivity index is 0.00000312. The van der Waals surface area contributed by atoms with Crippen LogP contribution >= 0.6 is 11.3 Å². The zero-order valence-electron chi connectivity index (χ0n) is 16.6. The average Bonchev–Trinajstić information content (AvgIpc) is 3.13. The first-order valence-corrected chi connectivity index (χ1v) is 10.4. The van der Waals surface area contributed by atoms with E-state index in [9.17, 15) is 0 Å². The Morgan fingerprint density at radius 3 is 2.28 bits per heavy atom. The second-order valence-electron chi connectivity index (χ2n) is 7.68. The Morgan fingerprint density at radius 2 is 1.68 bits per heavy atom. The van der Waals surface area contributed by atoms with E-state index in [1.54, 1.807) is 15.3 Å². The minimum atomic E-state index is 0. The Labute approximate surface area is 169 Å². The summed E-state index contributed by atoms with van der Waals surface area (Å²) in [5.41, 5.74) is 1.62. The van der Waals surface area contributed by atoms with E-state index in [0.717, 1.165) is 6.54 Å². The zero-order chi connectivity index (χ0) is 17.5. The molecule has 0 saturated heterocycles. The number of hydrogen-bond donors (Lipinski definition) is 0. The lowest BCUT2D eigenvalue weighted by atomic mass is 10.0. The molecule has 2 rings (SSSR count). The van der Waals surface area contributed by atoms with E-state index in [1.807, 2.05) is 11.3 Å². The van der Waals surface area contributed by atoms with Gasteiger partial charge in [0, 0.05) is 9.75 Å². The van der Waals surface area contributed by atoms with Gasteiger partial charge in [0.25, 0.3) is 0 Å². The number of nitrogens with zero attached hydrogens (tertiary/aromatic N) is 2. The number of imidazole rings is 1. The van der Waals surface area contributed by atoms with Gasteiger partial charge in [-0.3, -0.25) is 0 Å². The largest absolute Gasteiger partial charge is 1.00 e. The van der Waals surface area contributed by atoms with Crippen molar-refractivity contribution >= 4 is 11.3 Å². The summed E-state index contributed by atoms with van der Waals surface area (Å²) in [6.45, 7) is 10.4. The number of aromatic nitrogens is 2. The van der Waals surface area contributed by atoms with Gasteiger partial charge in [0.05, 0.1) is 13.6 Å². The van der Waals surface area contributed by atoms with Crippen LogP contribution in [0.1, 0.15) is 87.0 Å². The highest BCUT2D eigenvalue weighted by Gasteiger charge is 2.13. The monoisotopic (exact) mass is 426 g/mol. The lowest BCUT2D eigenvalue weighted by Gasteiger charge is -2.06. The number of thiophene rings is 1. The molecule has 4 heteroatoms. The van der Waals surface area contributed by atoms with Crippen molar-refractivity contribution in [2.75, 3.05) is 0 Å². The first-order valence-electron chi connectivity index (χ1n) is 9.61. The van der Waals surface area contributed by atoms with E-state index in [-0.39, 0.29) is 17.0 Å². The molecule has 0 spiro atoms. The molecule has 142 valence electrons. The van der Waals surface area contributed by atoms with Crippen LogP contribution in [0.2, 0.25) is 0 Å². The van der Waals surface area contributed by atoms with E-state index < -0.39 is 0 Å². The second-order valence-corrected chi connectivity index (χ2v) is 8.80. The van der Waals surface area contributed by atoms with Gasteiger partial charge in [-0.05, 0) is 49.1 Å². The summed E-state index contributed by atoms with van der Waals surface area (Å²) < 4.78 is 4.40. The zero-order valence-corrected chi connectivity index (χ0v) is 19.0. The van der Waals surface area contributed by atoms with Gasteiger partial charge in [0.1, 0.15) is 12.4 Å². The van der Waals surface area contributed by atoms with Crippen LogP contribution in [0.4, 0.5) is 0 Å². The lowest BCUT2D eigenvalue weighted by Crippen LogP contribution is -3.00. The molecule has 25 heavy (non-hydrogen) atoms. The van der Waals surface area contributed by atoms with Crippen molar-refractivity contribution in [1.29, 1.82) is 0 Å². The fourth-order valence-electron chi connectivity index (χ4n) is 3.21. The molecule has 0 fully saturated rings. The van der Waals surface area contributed by atoms with Crippen LogP contribution in [0.3, 0.4) is 0 Å². The molecule has 0 aliphatic heterocycles. The maximum absolute atomic E-state index is 2.48. The van der Waals surface area contributed by atoms with Crippen molar-refractivity contribution in [3.05, 3.63) is 40.1 Å². The molecule has 2 nitrogen and oxygen atoms in total. The molecule has 2 aromatic rings. The molecule has 0 aliphatic carbocycles. The van der Waals surface area contributed by atoms with E-state index in [1.165, 1.54) is 38.5 Å². The van der Waals surface area contributed by atoms with E-state index in [0.29, 0.717) is 11.8 Å². The minimum absolute atomic E-state index is 0. The number of aryl methyl sites for hydroxylation is 3. The fourth-order valence-corrected chi connectivity index (χ4v) is 4.43. The van der Waals surface area contributed by atoms with Crippen LogP contribution in [0.25, 0.3) is 0 Å². The summed E-state index contributed by atoms with van der Waals surface area (Å²) in [6, 6.07) is 2.48. The quantitative estimate of drug-likeness (QED) is 0.407. The summed E-state index contributed by atoms with van der Waals surface area (Å²) in [5.74, 6) is 1.33. The van der Waals surface area contributed by atoms with Crippen LogP contribution in [0, 0.1) is 0 Å². The molecule has 0 atom stereocenters. The summed E-state index contributed by atoms with van der Waals surface area (Å²) in [4.78, 5) is 3.19.